The van der Waals surface area contributed by atoms with E-state index in [9.17, 15) is 4.79 Å². The monoisotopic (exact) mass is 480 g/mol. The van der Waals surface area contributed by atoms with Gasteiger partial charge < -0.3 is 19.6 Å². The maximum Gasteiger partial charge on any atom is 0.233 e. The minimum absolute atomic E-state index is 0.0912. The molecule has 1 aromatic carbocycles. The fourth-order valence-electron chi connectivity index (χ4n) is 3.77. The zero-order valence-electron chi connectivity index (χ0n) is 17.5. The van der Waals surface area contributed by atoms with Crippen LogP contribution < -0.4 is 9.80 Å². The highest BCUT2D eigenvalue weighted by Gasteiger charge is 2.23. The Hall–Kier alpha value is -1.74. The summed E-state index contributed by atoms with van der Waals surface area (Å²) in [7, 11) is 2.12. The van der Waals surface area contributed by atoms with E-state index >= 15 is 0 Å². The zero-order valence-corrected chi connectivity index (χ0v) is 19.8. The number of halogens is 2. The van der Waals surface area contributed by atoms with Gasteiger partial charge in [-0.1, -0.05) is 47.1 Å². The second-order valence-corrected chi connectivity index (χ2v) is 9.47. The van der Waals surface area contributed by atoms with Gasteiger partial charge in [-0.25, -0.2) is 9.97 Å². The summed E-state index contributed by atoms with van der Waals surface area (Å²) in [5.74, 6) is 1.22. The second-order valence-electron chi connectivity index (χ2n) is 7.73. The molecule has 1 amide bonds. The van der Waals surface area contributed by atoms with Crippen LogP contribution in [-0.2, 0) is 4.79 Å². The van der Waals surface area contributed by atoms with Gasteiger partial charge >= 0.3 is 0 Å². The molecule has 0 spiro atoms. The average Bonchev–Trinajstić information content (AvgIpc) is 2.78. The van der Waals surface area contributed by atoms with Crippen LogP contribution in [0.2, 0.25) is 10.2 Å². The van der Waals surface area contributed by atoms with Gasteiger partial charge in [0, 0.05) is 58.4 Å². The minimum Gasteiger partial charge on any atom is -0.367 e. The van der Waals surface area contributed by atoms with Crippen molar-refractivity contribution in [3.8, 4) is 0 Å². The lowest BCUT2D eigenvalue weighted by atomic mass is 10.2. The van der Waals surface area contributed by atoms with Crippen LogP contribution in [0.4, 0.5) is 11.5 Å². The van der Waals surface area contributed by atoms with Crippen molar-refractivity contribution in [3.05, 3.63) is 40.5 Å². The van der Waals surface area contributed by atoms with Crippen LogP contribution >= 0.6 is 35.0 Å². The first-order valence-electron chi connectivity index (χ1n) is 10.4. The maximum absolute atomic E-state index is 12.7. The topological polar surface area (TPSA) is 55.8 Å². The lowest BCUT2D eigenvalue weighted by Crippen LogP contribution is -2.49. The summed E-state index contributed by atoms with van der Waals surface area (Å²) in [5, 5.41) is 1.70. The van der Waals surface area contributed by atoms with Crippen molar-refractivity contribution in [2.45, 2.75) is 5.16 Å². The van der Waals surface area contributed by atoms with Crippen molar-refractivity contribution in [2.24, 2.45) is 0 Å². The maximum atomic E-state index is 12.7. The molecule has 0 atom stereocenters. The molecular formula is C21H26Cl2N6OS. The summed E-state index contributed by atoms with van der Waals surface area (Å²) < 4.78 is 0. The normalized spacial score (nSPS) is 17.8. The van der Waals surface area contributed by atoms with Crippen LogP contribution in [-0.4, -0.2) is 90.8 Å². The van der Waals surface area contributed by atoms with Gasteiger partial charge in [-0.2, -0.15) is 0 Å². The first-order chi connectivity index (χ1) is 15.0. The number of rotatable bonds is 5. The third kappa shape index (κ3) is 5.74. The van der Waals surface area contributed by atoms with Gasteiger partial charge in [-0.15, -0.1) is 0 Å². The molecule has 0 aliphatic carbocycles. The molecule has 7 nitrogen and oxygen atoms in total. The second kappa shape index (κ2) is 10.3. The number of aromatic nitrogens is 2. The Morgan fingerprint density at radius 2 is 1.65 bits per heavy atom. The van der Waals surface area contributed by atoms with Crippen molar-refractivity contribution >= 4 is 52.4 Å². The molecule has 166 valence electrons. The Morgan fingerprint density at radius 3 is 2.35 bits per heavy atom. The van der Waals surface area contributed by atoms with E-state index < -0.39 is 0 Å². The highest BCUT2D eigenvalue weighted by atomic mass is 35.5. The smallest absolute Gasteiger partial charge is 0.233 e. The number of benzene rings is 1. The van der Waals surface area contributed by atoms with Crippen LogP contribution in [0, 0.1) is 0 Å². The van der Waals surface area contributed by atoms with Gasteiger partial charge in [0.25, 0.3) is 0 Å². The highest BCUT2D eigenvalue weighted by Crippen LogP contribution is 2.27. The number of carbonyl (C=O) groups excluding carboxylic acids is 1. The van der Waals surface area contributed by atoms with Gasteiger partial charge in [0.15, 0.2) is 5.16 Å². The number of hydrogen-bond donors (Lipinski definition) is 0. The highest BCUT2D eigenvalue weighted by molar-refractivity contribution is 7.99. The summed E-state index contributed by atoms with van der Waals surface area (Å²) in [6.45, 7) is 6.67. The van der Waals surface area contributed by atoms with Crippen LogP contribution in [0.1, 0.15) is 0 Å². The van der Waals surface area contributed by atoms with E-state index in [-0.39, 0.29) is 5.91 Å². The molecule has 0 saturated carbocycles. The molecule has 10 heteroatoms. The van der Waals surface area contributed by atoms with E-state index in [0.717, 1.165) is 55.8 Å². The Balaban J connectivity index is 1.30. The van der Waals surface area contributed by atoms with Gasteiger partial charge in [0.1, 0.15) is 11.0 Å². The fraction of sp³-hybridized carbons (Fsp3) is 0.476. The van der Waals surface area contributed by atoms with Crippen LogP contribution in [0.15, 0.2) is 35.5 Å². The number of likely N-dealkylation sites (N-methyl/N-ethyl adjacent to an activating group) is 1. The lowest BCUT2D eigenvalue weighted by Gasteiger charge is -2.36. The zero-order chi connectivity index (χ0) is 21.8. The predicted molar refractivity (Wildman–Crippen MR) is 128 cm³/mol. The molecule has 2 saturated heterocycles. The summed E-state index contributed by atoms with van der Waals surface area (Å²) in [6, 6.07) is 9.62. The van der Waals surface area contributed by atoms with Crippen molar-refractivity contribution < 1.29 is 4.79 Å². The van der Waals surface area contributed by atoms with Crippen molar-refractivity contribution in [3.63, 3.8) is 0 Å². The van der Waals surface area contributed by atoms with Crippen molar-refractivity contribution in [2.75, 3.05) is 75.0 Å². The molecule has 1 aromatic heterocycles. The minimum atomic E-state index is 0.0912. The molecule has 0 bridgehead atoms. The summed E-state index contributed by atoms with van der Waals surface area (Å²) in [5.41, 5.74) is 1.02. The molecule has 2 aliphatic rings. The quantitative estimate of drug-likeness (QED) is 0.370. The van der Waals surface area contributed by atoms with E-state index in [4.69, 9.17) is 23.2 Å². The van der Waals surface area contributed by atoms with E-state index in [1.807, 2.05) is 29.2 Å². The first-order valence-corrected chi connectivity index (χ1v) is 12.1. The van der Waals surface area contributed by atoms with Gasteiger partial charge in [0.05, 0.1) is 16.5 Å². The molecular weight excluding hydrogens is 455 g/mol. The Kier molecular flexibility index (Phi) is 7.43. The standard InChI is InChI=1S/C21H26Cl2N6OS/c1-26-6-8-28(9-7-26)19-14-18(23)24-21(25-19)31-15-20(30)29-12-10-27(11-13-29)17-5-3-2-4-16(17)22/h2-5,14H,6-13,15H2,1H3. The van der Waals surface area contributed by atoms with E-state index in [1.54, 1.807) is 6.07 Å². The van der Waals surface area contributed by atoms with Crippen molar-refractivity contribution in [1.29, 1.82) is 0 Å². The number of carbonyl (C=O) groups is 1. The number of piperazine rings is 2. The summed E-state index contributed by atoms with van der Waals surface area (Å²) >= 11 is 13.9. The summed E-state index contributed by atoms with van der Waals surface area (Å²) in [4.78, 5) is 30.3. The number of nitrogens with zero attached hydrogens (tertiary/aromatic N) is 6. The third-order valence-corrected chi connectivity index (χ3v) is 6.98. The third-order valence-electron chi connectivity index (χ3n) is 5.64. The summed E-state index contributed by atoms with van der Waals surface area (Å²) in [6.07, 6.45) is 0. The average molecular weight is 481 g/mol. The Labute approximate surface area is 197 Å². The van der Waals surface area contributed by atoms with Gasteiger partial charge in [0.2, 0.25) is 5.91 Å². The predicted octanol–water partition coefficient (Wildman–Crippen LogP) is 2.98. The molecule has 2 aliphatic heterocycles. The largest absolute Gasteiger partial charge is 0.367 e. The van der Waals surface area contributed by atoms with E-state index in [2.05, 4.69) is 31.7 Å². The number of amides is 1. The van der Waals surface area contributed by atoms with Crippen molar-refractivity contribution in [1.82, 2.24) is 19.8 Å². The van der Waals surface area contributed by atoms with Crippen LogP contribution in [0.25, 0.3) is 0 Å². The Bertz CT molecular complexity index is 916. The number of para-hydroxylation sites is 1. The number of anilines is 2. The number of thioether (sulfide) groups is 1. The molecule has 3 heterocycles. The molecule has 0 N–H and O–H groups in total. The molecule has 0 unspecified atom stereocenters. The lowest BCUT2D eigenvalue weighted by molar-refractivity contribution is -0.128. The molecule has 4 rings (SSSR count). The first kappa shape index (κ1) is 22.5. The Morgan fingerprint density at radius 1 is 0.968 bits per heavy atom. The molecule has 31 heavy (non-hydrogen) atoms. The number of hydrogen-bond acceptors (Lipinski definition) is 7. The molecule has 2 fully saturated rings. The van der Waals surface area contributed by atoms with E-state index in [1.165, 1.54) is 11.8 Å². The van der Waals surface area contributed by atoms with Gasteiger partial charge in [-0.3, -0.25) is 4.79 Å². The van der Waals surface area contributed by atoms with Gasteiger partial charge in [-0.05, 0) is 19.2 Å². The SMILES string of the molecule is CN1CCN(c2cc(Cl)nc(SCC(=O)N3CCN(c4ccccc4Cl)CC3)n2)CC1. The van der Waals surface area contributed by atoms with Crippen LogP contribution in [0.5, 0.6) is 0 Å². The molecule has 0 radical (unpaired) electrons. The molecule has 2 aromatic rings. The van der Waals surface area contributed by atoms with Crippen LogP contribution in [0.3, 0.4) is 0 Å². The fourth-order valence-corrected chi connectivity index (χ4v) is 5.01. The van der Waals surface area contributed by atoms with E-state index in [0.29, 0.717) is 29.2 Å².